The second-order valence-corrected chi connectivity index (χ2v) is 7.01. The number of ether oxygens (including phenoxy) is 1. The van der Waals surface area contributed by atoms with E-state index in [2.05, 4.69) is 20.7 Å². The monoisotopic (exact) mass is 397 g/mol. The number of hydrogen-bond acceptors (Lipinski definition) is 5. The standard InChI is InChI=1S/C20H20ClN5O2/c21-14-3-6-17(7-4-14)28-19-8-5-15(12-23-19)24-20(27)18-9-11-26(25-18)16-2-1-10-22-13-16/h3-9,11-12,16,22H,1-2,10,13H2,(H,24,27). The van der Waals surface area contributed by atoms with E-state index >= 15 is 0 Å². The Labute approximate surface area is 167 Å². The lowest BCUT2D eigenvalue weighted by atomic mass is 10.1. The molecular formula is C20H20ClN5O2. The van der Waals surface area contributed by atoms with Crippen molar-refractivity contribution in [1.29, 1.82) is 0 Å². The Balaban J connectivity index is 1.36. The molecule has 0 saturated carbocycles. The quantitative estimate of drug-likeness (QED) is 0.682. The number of pyridine rings is 1. The Morgan fingerprint density at radius 1 is 1.21 bits per heavy atom. The first kappa shape index (κ1) is 18.5. The summed E-state index contributed by atoms with van der Waals surface area (Å²) < 4.78 is 7.51. The molecule has 3 aromatic rings. The molecule has 1 unspecified atom stereocenters. The van der Waals surface area contributed by atoms with Gasteiger partial charge in [0, 0.05) is 23.8 Å². The van der Waals surface area contributed by atoms with Crippen LogP contribution in [0.15, 0.2) is 54.9 Å². The third kappa shape index (κ3) is 4.49. The van der Waals surface area contributed by atoms with Crippen LogP contribution in [0.5, 0.6) is 11.6 Å². The number of carbonyl (C=O) groups excluding carboxylic acids is 1. The maximum absolute atomic E-state index is 12.4. The molecular weight excluding hydrogens is 378 g/mol. The van der Waals surface area contributed by atoms with Crippen LogP contribution < -0.4 is 15.4 Å². The predicted octanol–water partition coefficient (Wildman–Crippen LogP) is 3.90. The van der Waals surface area contributed by atoms with Crippen molar-refractivity contribution in [2.24, 2.45) is 0 Å². The molecule has 7 nitrogen and oxygen atoms in total. The largest absolute Gasteiger partial charge is 0.439 e. The zero-order chi connectivity index (χ0) is 19.3. The van der Waals surface area contributed by atoms with E-state index in [1.54, 1.807) is 48.7 Å². The lowest BCUT2D eigenvalue weighted by molar-refractivity contribution is 0.102. The van der Waals surface area contributed by atoms with Gasteiger partial charge in [-0.15, -0.1) is 0 Å². The molecule has 2 aromatic heterocycles. The zero-order valence-corrected chi connectivity index (χ0v) is 15.9. The minimum Gasteiger partial charge on any atom is -0.439 e. The molecule has 144 valence electrons. The number of halogens is 1. The van der Waals surface area contributed by atoms with Crippen molar-refractivity contribution < 1.29 is 9.53 Å². The second kappa shape index (κ2) is 8.41. The maximum atomic E-state index is 12.4. The van der Waals surface area contributed by atoms with E-state index in [4.69, 9.17) is 16.3 Å². The average molecular weight is 398 g/mol. The van der Waals surface area contributed by atoms with Gasteiger partial charge in [0.2, 0.25) is 5.88 Å². The van der Waals surface area contributed by atoms with Crippen LogP contribution in [-0.4, -0.2) is 33.8 Å². The highest BCUT2D eigenvalue weighted by molar-refractivity contribution is 6.30. The summed E-state index contributed by atoms with van der Waals surface area (Å²) in [7, 11) is 0. The number of nitrogens with one attached hydrogen (secondary N) is 2. The van der Waals surface area contributed by atoms with E-state index in [1.165, 1.54) is 0 Å². The second-order valence-electron chi connectivity index (χ2n) is 6.58. The Hall–Kier alpha value is -2.90. The Morgan fingerprint density at radius 3 is 2.79 bits per heavy atom. The van der Waals surface area contributed by atoms with Gasteiger partial charge in [-0.1, -0.05) is 11.6 Å². The van der Waals surface area contributed by atoms with Gasteiger partial charge in [0.15, 0.2) is 5.69 Å². The van der Waals surface area contributed by atoms with E-state index in [9.17, 15) is 4.79 Å². The van der Waals surface area contributed by atoms with Gasteiger partial charge in [-0.2, -0.15) is 5.10 Å². The van der Waals surface area contributed by atoms with E-state index in [0.717, 1.165) is 25.9 Å². The Morgan fingerprint density at radius 2 is 2.07 bits per heavy atom. The first-order valence-electron chi connectivity index (χ1n) is 9.14. The highest BCUT2D eigenvalue weighted by Crippen LogP contribution is 2.22. The van der Waals surface area contributed by atoms with Crippen LogP contribution in [0.3, 0.4) is 0 Å². The molecule has 1 aliphatic heterocycles. The van der Waals surface area contributed by atoms with Crippen molar-refractivity contribution in [2.75, 3.05) is 18.4 Å². The van der Waals surface area contributed by atoms with Crippen LogP contribution in [0.4, 0.5) is 5.69 Å². The molecule has 1 saturated heterocycles. The number of anilines is 1. The van der Waals surface area contributed by atoms with E-state index < -0.39 is 0 Å². The summed E-state index contributed by atoms with van der Waals surface area (Å²) in [4.78, 5) is 16.7. The molecule has 1 atom stereocenters. The first-order valence-corrected chi connectivity index (χ1v) is 9.52. The van der Waals surface area contributed by atoms with Crippen LogP contribution in [0.25, 0.3) is 0 Å². The fraction of sp³-hybridized carbons (Fsp3) is 0.250. The molecule has 4 rings (SSSR count). The SMILES string of the molecule is O=C(Nc1ccc(Oc2ccc(Cl)cc2)nc1)c1ccn(C2CCCNC2)n1. The zero-order valence-electron chi connectivity index (χ0n) is 15.1. The lowest BCUT2D eigenvalue weighted by Crippen LogP contribution is -2.32. The lowest BCUT2D eigenvalue weighted by Gasteiger charge is -2.22. The van der Waals surface area contributed by atoms with Crippen LogP contribution in [-0.2, 0) is 0 Å². The van der Waals surface area contributed by atoms with Gasteiger partial charge in [0.1, 0.15) is 5.75 Å². The molecule has 1 fully saturated rings. The molecule has 0 spiro atoms. The fourth-order valence-electron chi connectivity index (χ4n) is 3.05. The Kier molecular flexibility index (Phi) is 5.55. The van der Waals surface area contributed by atoms with Crippen molar-refractivity contribution in [3.63, 3.8) is 0 Å². The van der Waals surface area contributed by atoms with Gasteiger partial charge in [-0.3, -0.25) is 9.48 Å². The third-order valence-electron chi connectivity index (χ3n) is 4.52. The van der Waals surface area contributed by atoms with Crippen LogP contribution in [0, 0.1) is 0 Å². The first-order chi connectivity index (χ1) is 13.7. The number of rotatable bonds is 5. The molecule has 0 aliphatic carbocycles. The average Bonchev–Trinajstić information content (AvgIpc) is 3.22. The molecule has 3 heterocycles. The molecule has 1 aliphatic rings. The van der Waals surface area contributed by atoms with Crippen molar-refractivity contribution in [2.45, 2.75) is 18.9 Å². The van der Waals surface area contributed by atoms with E-state index in [0.29, 0.717) is 34.1 Å². The van der Waals surface area contributed by atoms with Crippen LogP contribution in [0.2, 0.25) is 5.02 Å². The van der Waals surface area contributed by atoms with Gasteiger partial charge >= 0.3 is 0 Å². The van der Waals surface area contributed by atoms with Crippen LogP contribution >= 0.6 is 11.6 Å². The molecule has 28 heavy (non-hydrogen) atoms. The number of benzene rings is 1. The van der Waals surface area contributed by atoms with Gasteiger partial charge in [-0.25, -0.2) is 4.98 Å². The molecule has 1 aromatic carbocycles. The molecule has 0 radical (unpaired) electrons. The molecule has 0 bridgehead atoms. The van der Waals surface area contributed by atoms with E-state index in [-0.39, 0.29) is 5.91 Å². The topological polar surface area (TPSA) is 81.1 Å². The van der Waals surface area contributed by atoms with Crippen molar-refractivity contribution >= 4 is 23.2 Å². The fourth-order valence-corrected chi connectivity index (χ4v) is 3.18. The van der Waals surface area contributed by atoms with Crippen molar-refractivity contribution in [1.82, 2.24) is 20.1 Å². The van der Waals surface area contributed by atoms with Gasteiger partial charge in [0.05, 0.1) is 17.9 Å². The number of nitrogens with zero attached hydrogens (tertiary/aromatic N) is 3. The van der Waals surface area contributed by atoms with Crippen LogP contribution in [0.1, 0.15) is 29.4 Å². The minimum atomic E-state index is -0.268. The summed E-state index contributed by atoms with van der Waals surface area (Å²) in [6.07, 6.45) is 5.58. The maximum Gasteiger partial charge on any atom is 0.276 e. The van der Waals surface area contributed by atoms with Gasteiger partial charge in [0.25, 0.3) is 5.91 Å². The van der Waals surface area contributed by atoms with Gasteiger partial charge < -0.3 is 15.4 Å². The summed E-state index contributed by atoms with van der Waals surface area (Å²) in [6, 6.07) is 12.5. The number of carbonyl (C=O) groups is 1. The third-order valence-corrected chi connectivity index (χ3v) is 4.77. The van der Waals surface area contributed by atoms with Crippen molar-refractivity contribution in [3.8, 4) is 11.6 Å². The number of hydrogen-bond donors (Lipinski definition) is 2. The van der Waals surface area contributed by atoms with Gasteiger partial charge in [-0.05, 0) is 55.8 Å². The number of aromatic nitrogens is 3. The molecule has 8 heteroatoms. The van der Waals surface area contributed by atoms with E-state index in [1.807, 2.05) is 10.9 Å². The normalized spacial score (nSPS) is 16.5. The highest BCUT2D eigenvalue weighted by atomic mass is 35.5. The summed E-state index contributed by atoms with van der Waals surface area (Å²) in [5.74, 6) is 0.793. The minimum absolute atomic E-state index is 0.268. The smallest absolute Gasteiger partial charge is 0.276 e. The summed E-state index contributed by atoms with van der Waals surface area (Å²) >= 11 is 5.86. The summed E-state index contributed by atoms with van der Waals surface area (Å²) in [6.45, 7) is 1.91. The Bertz CT molecular complexity index is 934. The predicted molar refractivity (Wildman–Crippen MR) is 107 cm³/mol. The summed E-state index contributed by atoms with van der Waals surface area (Å²) in [5, 5.41) is 11.2. The number of amides is 1. The molecule has 2 N–H and O–H groups in total. The summed E-state index contributed by atoms with van der Waals surface area (Å²) in [5.41, 5.74) is 0.953. The van der Waals surface area contributed by atoms with Crippen molar-refractivity contribution in [3.05, 3.63) is 65.6 Å². The number of piperidine rings is 1. The highest BCUT2D eigenvalue weighted by Gasteiger charge is 2.17. The molecule has 1 amide bonds.